The second kappa shape index (κ2) is 8.50. The highest BCUT2D eigenvalue weighted by molar-refractivity contribution is 7.80. The largest absolute Gasteiger partial charge is 0.481 e. The zero-order valence-electron chi connectivity index (χ0n) is 11.5. The second-order valence-electron chi connectivity index (χ2n) is 5.10. The third kappa shape index (κ3) is 8.18. The van der Waals surface area contributed by atoms with E-state index in [1.165, 1.54) is 6.92 Å². The molecule has 0 fully saturated rings. The Balaban J connectivity index is 4.83. The number of hydrogen-bond donors (Lipinski definition) is 5. The highest BCUT2D eigenvalue weighted by Crippen LogP contribution is 2.30. The highest BCUT2D eigenvalue weighted by Gasteiger charge is 2.34. The number of rotatable bonds is 10. The molecule has 8 nitrogen and oxygen atoms in total. The number of carbonyl (C=O) groups is 4. The van der Waals surface area contributed by atoms with E-state index in [4.69, 9.17) is 15.3 Å². The van der Waals surface area contributed by atoms with Crippen molar-refractivity contribution in [3.8, 4) is 0 Å². The topological polar surface area (TPSA) is 141 Å². The van der Waals surface area contributed by atoms with Gasteiger partial charge >= 0.3 is 17.9 Å². The van der Waals surface area contributed by atoms with E-state index >= 15 is 0 Å². The number of amides is 1. The summed E-state index contributed by atoms with van der Waals surface area (Å²) >= 11 is 3.88. The lowest BCUT2D eigenvalue weighted by Gasteiger charge is -2.26. The summed E-state index contributed by atoms with van der Waals surface area (Å²) in [6.45, 7) is 1.36. The van der Waals surface area contributed by atoms with Gasteiger partial charge < -0.3 is 20.6 Å². The molecular formula is C12H19NO7S. The van der Waals surface area contributed by atoms with Crippen LogP contribution in [0.3, 0.4) is 0 Å². The molecule has 0 saturated heterocycles. The van der Waals surface area contributed by atoms with Crippen LogP contribution in [0.25, 0.3) is 0 Å². The molecule has 21 heavy (non-hydrogen) atoms. The molecule has 0 aromatic rings. The maximum atomic E-state index is 11.8. The molecule has 4 N–H and O–H groups in total. The molecule has 120 valence electrons. The van der Waals surface area contributed by atoms with Gasteiger partial charge in [0.05, 0.1) is 12.8 Å². The van der Waals surface area contributed by atoms with E-state index in [0.29, 0.717) is 0 Å². The van der Waals surface area contributed by atoms with Gasteiger partial charge in [0.1, 0.15) is 6.04 Å². The predicted molar refractivity (Wildman–Crippen MR) is 75.3 cm³/mol. The van der Waals surface area contributed by atoms with E-state index in [1.807, 2.05) is 0 Å². The molecule has 1 amide bonds. The van der Waals surface area contributed by atoms with Gasteiger partial charge in [-0.25, -0.2) is 4.79 Å². The van der Waals surface area contributed by atoms with Crippen molar-refractivity contribution in [3.05, 3.63) is 0 Å². The third-order valence-electron chi connectivity index (χ3n) is 2.79. The summed E-state index contributed by atoms with van der Waals surface area (Å²) in [5.74, 6) is -4.13. The van der Waals surface area contributed by atoms with Crippen LogP contribution in [0.1, 0.15) is 32.6 Å². The number of carbonyl (C=O) groups excluding carboxylic acids is 1. The Bertz CT molecular complexity index is 408. The van der Waals surface area contributed by atoms with Crippen LogP contribution in [-0.4, -0.2) is 50.9 Å². The quantitative estimate of drug-likeness (QED) is 0.362. The van der Waals surface area contributed by atoms with Crippen molar-refractivity contribution < 1.29 is 34.5 Å². The fraction of sp³-hybridized carbons (Fsp3) is 0.667. The van der Waals surface area contributed by atoms with Gasteiger partial charge in [-0.1, -0.05) is 6.92 Å². The number of aliphatic carboxylic acids is 3. The van der Waals surface area contributed by atoms with Crippen LogP contribution in [-0.2, 0) is 19.2 Å². The first-order valence-electron chi connectivity index (χ1n) is 6.16. The normalized spacial score (nSPS) is 12.5. The lowest BCUT2D eigenvalue weighted by molar-refractivity contribution is -0.146. The van der Waals surface area contributed by atoms with Crippen molar-refractivity contribution >= 4 is 36.4 Å². The monoisotopic (exact) mass is 321 g/mol. The summed E-state index contributed by atoms with van der Waals surface area (Å²) in [7, 11) is 0. The second-order valence-corrected chi connectivity index (χ2v) is 5.55. The van der Waals surface area contributed by atoms with Gasteiger partial charge in [-0.05, 0) is 17.6 Å². The molecule has 9 heteroatoms. The van der Waals surface area contributed by atoms with Crippen molar-refractivity contribution in [2.24, 2.45) is 5.41 Å². The van der Waals surface area contributed by atoms with E-state index in [1.54, 1.807) is 0 Å². The number of hydrogen-bond acceptors (Lipinski definition) is 5. The number of thiol groups is 1. The minimum absolute atomic E-state index is 0.110. The average molecular weight is 321 g/mol. The minimum Gasteiger partial charge on any atom is -0.481 e. The Kier molecular flexibility index (Phi) is 7.79. The molecular weight excluding hydrogens is 302 g/mol. The van der Waals surface area contributed by atoms with Crippen LogP contribution in [0.15, 0.2) is 0 Å². The Hall–Kier alpha value is -1.77. The van der Waals surface area contributed by atoms with Gasteiger partial charge in [0, 0.05) is 6.42 Å². The smallest absolute Gasteiger partial charge is 0.326 e. The Morgan fingerprint density at radius 2 is 1.52 bits per heavy atom. The maximum absolute atomic E-state index is 11.8. The molecule has 0 aliphatic carbocycles. The van der Waals surface area contributed by atoms with E-state index in [0.717, 1.165) is 0 Å². The van der Waals surface area contributed by atoms with Gasteiger partial charge in [-0.3, -0.25) is 14.4 Å². The highest BCUT2D eigenvalue weighted by atomic mass is 32.1. The molecule has 0 aliphatic rings. The van der Waals surface area contributed by atoms with E-state index in [2.05, 4.69) is 17.9 Å². The number of nitrogens with one attached hydrogen (secondary N) is 1. The number of carboxylic acid groups (broad SMARTS) is 3. The van der Waals surface area contributed by atoms with Crippen molar-refractivity contribution in [2.75, 3.05) is 5.75 Å². The first-order valence-corrected chi connectivity index (χ1v) is 6.79. The summed E-state index contributed by atoms with van der Waals surface area (Å²) in [5.41, 5.74) is -1.29. The van der Waals surface area contributed by atoms with Gasteiger partial charge in [0.25, 0.3) is 0 Å². The maximum Gasteiger partial charge on any atom is 0.326 e. The molecule has 0 saturated carbocycles. The van der Waals surface area contributed by atoms with Crippen molar-refractivity contribution in [2.45, 2.75) is 38.6 Å². The zero-order valence-corrected chi connectivity index (χ0v) is 12.4. The molecule has 0 aromatic heterocycles. The van der Waals surface area contributed by atoms with Crippen LogP contribution in [0.4, 0.5) is 0 Å². The Morgan fingerprint density at radius 3 is 1.86 bits per heavy atom. The van der Waals surface area contributed by atoms with Crippen LogP contribution in [0, 0.1) is 5.41 Å². The first kappa shape index (κ1) is 19.2. The van der Waals surface area contributed by atoms with E-state index in [-0.39, 0.29) is 18.6 Å². The van der Waals surface area contributed by atoms with Gasteiger partial charge in [-0.2, -0.15) is 12.6 Å². The fourth-order valence-electron chi connectivity index (χ4n) is 1.94. The van der Waals surface area contributed by atoms with Crippen LogP contribution < -0.4 is 5.32 Å². The van der Waals surface area contributed by atoms with Gasteiger partial charge in [0.2, 0.25) is 5.91 Å². The predicted octanol–water partition coefficient (Wildman–Crippen LogP) is 0.222. The fourth-order valence-corrected chi connectivity index (χ4v) is 2.20. The molecule has 0 aromatic carbocycles. The van der Waals surface area contributed by atoms with Gasteiger partial charge in [0.15, 0.2) is 0 Å². The van der Waals surface area contributed by atoms with Crippen LogP contribution in [0.5, 0.6) is 0 Å². The third-order valence-corrected chi connectivity index (χ3v) is 3.05. The summed E-state index contributed by atoms with van der Waals surface area (Å²) < 4.78 is 0. The summed E-state index contributed by atoms with van der Waals surface area (Å²) in [6, 6.07) is -1.13. The van der Waals surface area contributed by atoms with E-state index < -0.39 is 48.1 Å². The molecule has 0 aliphatic heterocycles. The van der Waals surface area contributed by atoms with E-state index in [9.17, 15) is 19.2 Å². The SMILES string of the molecule is CC(CC(=O)O)(CC(=O)O)CC(=O)N[C@@H](CCS)C(=O)O. The molecule has 0 heterocycles. The lowest BCUT2D eigenvalue weighted by atomic mass is 9.79. The summed E-state index contributed by atoms with van der Waals surface area (Å²) in [6.07, 6.45) is -1.28. The molecule has 1 atom stereocenters. The Morgan fingerprint density at radius 1 is 1.05 bits per heavy atom. The Labute approximate surface area is 126 Å². The average Bonchev–Trinajstić information content (AvgIpc) is 2.24. The summed E-state index contributed by atoms with van der Waals surface area (Å²) in [5, 5.41) is 28.8. The van der Waals surface area contributed by atoms with Gasteiger partial charge in [-0.15, -0.1) is 0 Å². The summed E-state index contributed by atoms with van der Waals surface area (Å²) in [4.78, 5) is 44.3. The number of carboxylic acids is 3. The first-order chi connectivity index (χ1) is 9.59. The van der Waals surface area contributed by atoms with Crippen molar-refractivity contribution in [1.29, 1.82) is 0 Å². The van der Waals surface area contributed by atoms with Crippen LogP contribution >= 0.6 is 12.6 Å². The lowest BCUT2D eigenvalue weighted by Crippen LogP contribution is -2.43. The molecule has 0 spiro atoms. The molecule has 0 bridgehead atoms. The van der Waals surface area contributed by atoms with Crippen molar-refractivity contribution in [1.82, 2.24) is 5.32 Å². The molecule has 0 rings (SSSR count). The molecule has 0 radical (unpaired) electrons. The van der Waals surface area contributed by atoms with Crippen LogP contribution in [0.2, 0.25) is 0 Å². The zero-order chi connectivity index (χ0) is 16.6. The minimum atomic E-state index is -1.29. The van der Waals surface area contributed by atoms with Crippen molar-refractivity contribution in [3.63, 3.8) is 0 Å². The molecule has 0 unspecified atom stereocenters. The standard InChI is InChI=1S/C12H19NO7S/c1-12(5-9(15)16,6-10(17)18)4-8(14)13-7(2-3-21)11(19)20/h7,21H,2-6H2,1H3,(H,13,14)(H,15,16)(H,17,18)(H,19,20)/t7-/m0/s1.